The highest BCUT2D eigenvalue weighted by Gasteiger charge is 2.21. The van der Waals surface area contributed by atoms with Gasteiger partial charge in [0.15, 0.2) is 10.8 Å². The van der Waals surface area contributed by atoms with Gasteiger partial charge in [-0.05, 0) is 31.2 Å². The number of hydrogen-bond acceptors (Lipinski definition) is 9. The molecule has 5 rings (SSSR count). The van der Waals surface area contributed by atoms with Crippen molar-refractivity contribution in [2.24, 2.45) is 0 Å². The summed E-state index contributed by atoms with van der Waals surface area (Å²) < 4.78 is 1.01. The van der Waals surface area contributed by atoms with E-state index in [-0.39, 0.29) is 11.3 Å². The summed E-state index contributed by atoms with van der Waals surface area (Å²) in [6.45, 7) is 12.8. The topological polar surface area (TPSA) is 87.1 Å². The number of anilines is 1. The van der Waals surface area contributed by atoms with Crippen LogP contribution in [0.4, 0.5) is 5.13 Å². The molecule has 1 amide bonds. The van der Waals surface area contributed by atoms with Crippen molar-refractivity contribution >= 4 is 44.1 Å². The van der Waals surface area contributed by atoms with Gasteiger partial charge in [0, 0.05) is 43.7 Å². The van der Waals surface area contributed by atoms with Crippen molar-refractivity contribution in [3.63, 3.8) is 0 Å². The van der Waals surface area contributed by atoms with E-state index in [1.165, 1.54) is 11.3 Å². The standard InChI is InChI=1S/C26H31N7OS2/c1-16-12-17(6-7-18(16)13-27-23(34)19-14-28-24(35-19)26(2,3)4)20-21-22(30-15-29-20)31-25(36-21)33-10-8-32(5)9-11-33/h6-7,12,14-15H,8-11,13H2,1-5H3,(H,27,34). The first-order valence-corrected chi connectivity index (χ1v) is 13.7. The van der Waals surface area contributed by atoms with Gasteiger partial charge in [-0.25, -0.2) is 15.0 Å². The molecule has 0 radical (unpaired) electrons. The zero-order valence-electron chi connectivity index (χ0n) is 21.3. The summed E-state index contributed by atoms with van der Waals surface area (Å²) in [5, 5.41) is 5.01. The van der Waals surface area contributed by atoms with Gasteiger partial charge in [-0.3, -0.25) is 4.79 Å². The van der Waals surface area contributed by atoms with Crippen molar-refractivity contribution in [1.82, 2.24) is 30.2 Å². The number of amides is 1. The number of piperazine rings is 1. The van der Waals surface area contributed by atoms with Gasteiger partial charge in [0.1, 0.15) is 15.9 Å². The average molecular weight is 522 g/mol. The van der Waals surface area contributed by atoms with E-state index in [1.54, 1.807) is 23.9 Å². The predicted octanol–water partition coefficient (Wildman–Crippen LogP) is 4.50. The van der Waals surface area contributed by atoms with E-state index in [4.69, 9.17) is 4.98 Å². The summed E-state index contributed by atoms with van der Waals surface area (Å²) in [4.78, 5) is 36.3. The molecule has 1 aromatic carbocycles. The summed E-state index contributed by atoms with van der Waals surface area (Å²) in [5.74, 6) is -0.0925. The van der Waals surface area contributed by atoms with Crippen LogP contribution in [0.5, 0.6) is 0 Å². The van der Waals surface area contributed by atoms with Crippen LogP contribution in [-0.4, -0.2) is 64.0 Å². The van der Waals surface area contributed by atoms with E-state index < -0.39 is 0 Å². The molecule has 1 N–H and O–H groups in total. The van der Waals surface area contributed by atoms with Gasteiger partial charge < -0.3 is 15.1 Å². The van der Waals surface area contributed by atoms with Crippen molar-refractivity contribution in [2.75, 3.05) is 38.1 Å². The fraction of sp³-hybridized carbons (Fsp3) is 0.423. The molecular formula is C26H31N7OS2. The van der Waals surface area contributed by atoms with E-state index in [0.29, 0.717) is 11.4 Å². The lowest BCUT2D eigenvalue weighted by Crippen LogP contribution is -2.44. The molecule has 10 heteroatoms. The van der Waals surface area contributed by atoms with Crippen LogP contribution in [0.25, 0.3) is 21.6 Å². The molecule has 188 valence electrons. The zero-order chi connectivity index (χ0) is 25.4. The summed E-state index contributed by atoms with van der Waals surface area (Å²) in [5.41, 5.74) is 4.78. The van der Waals surface area contributed by atoms with E-state index >= 15 is 0 Å². The molecule has 1 saturated heterocycles. The SMILES string of the molecule is Cc1cc(-c2ncnc3nc(N4CCN(C)CC4)sc23)ccc1CNC(=O)c1cnc(C(C)(C)C)s1. The Labute approximate surface area is 219 Å². The number of rotatable bonds is 5. The smallest absolute Gasteiger partial charge is 0.263 e. The molecular weight excluding hydrogens is 490 g/mol. The second-order valence-corrected chi connectivity index (χ2v) is 12.3. The Hall–Kier alpha value is -2.95. The lowest BCUT2D eigenvalue weighted by molar-refractivity contribution is 0.0954. The van der Waals surface area contributed by atoms with E-state index in [1.807, 2.05) is 0 Å². The second-order valence-electron chi connectivity index (χ2n) is 10.3. The molecule has 36 heavy (non-hydrogen) atoms. The lowest BCUT2D eigenvalue weighted by Gasteiger charge is -2.31. The monoisotopic (exact) mass is 521 g/mol. The first-order valence-electron chi connectivity index (χ1n) is 12.1. The first-order chi connectivity index (χ1) is 17.2. The third-order valence-electron chi connectivity index (χ3n) is 6.38. The van der Waals surface area contributed by atoms with Crippen LogP contribution in [-0.2, 0) is 12.0 Å². The van der Waals surface area contributed by atoms with Crippen molar-refractivity contribution in [2.45, 2.75) is 39.7 Å². The number of carbonyl (C=O) groups excluding carboxylic acids is 1. The van der Waals surface area contributed by atoms with Crippen molar-refractivity contribution in [1.29, 1.82) is 0 Å². The summed E-state index contributed by atoms with van der Waals surface area (Å²) >= 11 is 3.11. The van der Waals surface area contributed by atoms with Gasteiger partial charge in [0.25, 0.3) is 5.91 Å². The number of hydrogen-bond donors (Lipinski definition) is 1. The molecule has 1 aliphatic rings. The van der Waals surface area contributed by atoms with Gasteiger partial charge in [-0.2, -0.15) is 4.98 Å². The van der Waals surface area contributed by atoms with Gasteiger partial charge in [-0.1, -0.05) is 44.2 Å². The maximum atomic E-state index is 12.7. The van der Waals surface area contributed by atoms with Gasteiger partial charge in [0.05, 0.1) is 16.9 Å². The number of thiazole rings is 2. The first kappa shape index (κ1) is 24.7. The Balaban J connectivity index is 1.32. The summed E-state index contributed by atoms with van der Waals surface area (Å²) in [6.07, 6.45) is 3.26. The van der Waals surface area contributed by atoms with Crippen molar-refractivity contribution in [3.8, 4) is 11.3 Å². The van der Waals surface area contributed by atoms with Gasteiger partial charge >= 0.3 is 0 Å². The van der Waals surface area contributed by atoms with Crippen LogP contribution in [0.2, 0.25) is 0 Å². The highest BCUT2D eigenvalue weighted by Crippen LogP contribution is 2.35. The molecule has 4 aromatic rings. The number of likely N-dealkylation sites (N-methyl/N-ethyl adjacent to an activating group) is 1. The zero-order valence-corrected chi connectivity index (χ0v) is 23.0. The van der Waals surface area contributed by atoms with E-state index in [2.05, 4.69) is 83.0 Å². The highest BCUT2D eigenvalue weighted by atomic mass is 32.1. The minimum atomic E-state index is -0.0925. The Morgan fingerprint density at radius 2 is 1.86 bits per heavy atom. The van der Waals surface area contributed by atoms with Gasteiger partial charge in [-0.15, -0.1) is 11.3 Å². The third kappa shape index (κ3) is 5.11. The van der Waals surface area contributed by atoms with Crippen LogP contribution in [0.1, 0.15) is 46.6 Å². The molecule has 0 bridgehead atoms. The third-order valence-corrected chi connectivity index (χ3v) is 8.91. The fourth-order valence-electron chi connectivity index (χ4n) is 4.11. The molecule has 1 fully saturated rings. The number of fused-ring (bicyclic) bond motifs is 1. The fourth-order valence-corrected chi connectivity index (χ4v) is 6.08. The number of nitrogens with zero attached hydrogens (tertiary/aromatic N) is 6. The maximum Gasteiger partial charge on any atom is 0.263 e. The molecule has 4 heterocycles. The Bertz CT molecular complexity index is 1400. The van der Waals surface area contributed by atoms with Crippen LogP contribution in [0.15, 0.2) is 30.7 Å². The quantitative estimate of drug-likeness (QED) is 0.414. The molecule has 0 spiro atoms. The minimum Gasteiger partial charge on any atom is -0.347 e. The second kappa shape index (κ2) is 9.84. The van der Waals surface area contributed by atoms with Gasteiger partial charge in [0.2, 0.25) is 0 Å². The predicted molar refractivity (Wildman–Crippen MR) is 147 cm³/mol. The van der Waals surface area contributed by atoms with E-state index in [0.717, 1.165) is 69.0 Å². The molecule has 0 saturated carbocycles. The van der Waals surface area contributed by atoms with E-state index in [9.17, 15) is 4.79 Å². The molecule has 0 atom stereocenters. The van der Waals surface area contributed by atoms with Crippen molar-refractivity contribution in [3.05, 3.63) is 51.7 Å². The summed E-state index contributed by atoms with van der Waals surface area (Å²) in [7, 11) is 2.15. The van der Waals surface area contributed by atoms with Crippen LogP contribution in [0.3, 0.4) is 0 Å². The Morgan fingerprint density at radius 1 is 1.08 bits per heavy atom. The maximum absolute atomic E-state index is 12.7. The van der Waals surface area contributed by atoms with Crippen LogP contribution in [0, 0.1) is 6.92 Å². The number of aryl methyl sites for hydroxylation is 1. The minimum absolute atomic E-state index is 0.0641. The molecule has 1 aliphatic heterocycles. The normalized spacial score (nSPS) is 15.0. The molecule has 0 aliphatic carbocycles. The Kier molecular flexibility index (Phi) is 6.76. The number of nitrogens with one attached hydrogen (secondary N) is 1. The summed E-state index contributed by atoms with van der Waals surface area (Å²) in [6, 6.07) is 6.26. The lowest BCUT2D eigenvalue weighted by atomic mass is 9.98. The largest absolute Gasteiger partial charge is 0.347 e. The van der Waals surface area contributed by atoms with Crippen LogP contribution < -0.4 is 10.2 Å². The number of benzene rings is 1. The number of aromatic nitrogens is 4. The highest BCUT2D eigenvalue weighted by molar-refractivity contribution is 7.22. The average Bonchev–Trinajstić information content (AvgIpc) is 3.51. The van der Waals surface area contributed by atoms with Crippen molar-refractivity contribution < 1.29 is 4.79 Å². The number of carbonyl (C=O) groups is 1. The molecule has 0 unspecified atom stereocenters. The molecule has 8 nitrogen and oxygen atoms in total. The Morgan fingerprint density at radius 3 is 2.56 bits per heavy atom. The molecule has 3 aromatic heterocycles. The van der Waals surface area contributed by atoms with Crippen LogP contribution >= 0.6 is 22.7 Å².